The molecule has 0 fully saturated rings. The highest BCUT2D eigenvalue weighted by Gasteiger charge is 2.26. The number of fused-ring (bicyclic) bond motifs is 1. The molecule has 0 saturated carbocycles. The van der Waals surface area contributed by atoms with Crippen LogP contribution in [-0.2, 0) is 38.4 Å². The highest BCUT2D eigenvalue weighted by molar-refractivity contribution is 6.38. The van der Waals surface area contributed by atoms with E-state index >= 15 is 0 Å². The molecule has 1 heterocycles. The summed E-state index contributed by atoms with van der Waals surface area (Å²) in [5.41, 5.74) is 3.30. The number of ether oxygens (including phenoxy) is 2. The summed E-state index contributed by atoms with van der Waals surface area (Å²) in [6, 6.07) is 6.37. The van der Waals surface area contributed by atoms with E-state index in [1.807, 2.05) is 0 Å². The lowest BCUT2D eigenvalue weighted by atomic mass is 10.1. The van der Waals surface area contributed by atoms with Gasteiger partial charge in [-0.1, -0.05) is 17.7 Å². The number of benzene rings is 2. The molecule has 2 aliphatic rings. The van der Waals surface area contributed by atoms with Gasteiger partial charge in [0.15, 0.2) is 0 Å². The second-order valence-electron chi connectivity index (χ2n) is 7.78. The summed E-state index contributed by atoms with van der Waals surface area (Å²) < 4.78 is 10.9. The number of allylic oxidation sites excluding steroid dienone is 1. The third-order valence-corrected chi connectivity index (χ3v) is 5.74. The zero-order valence-corrected chi connectivity index (χ0v) is 19.1. The molecule has 1 aliphatic heterocycles. The molecule has 2 aromatic carbocycles. The first-order valence-corrected chi connectivity index (χ1v) is 11.2. The second kappa shape index (κ2) is 10.0. The van der Waals surface area contributed by atoms with E-state index in [2.05, 4.69) is 15.5 Å². The second-order valence-corrected chi connectivity index (χ2v) is 8.19. The minimum atomic E-state index is -0.959. The first-order chi connectivity index (χ1) is 16.4. The lowest BCUT2D eigenvalue weighted by Crippen LogP contribution is -2.25. The number of rotatable bonds is 6. The van der Waals surface area contributed by atoms with E-state index in [1.165, 1.54) is 6.07 Å². The number of hydrogen-bond donors (Lipinski definition) is 2. The van der Waals surface area contributed by atoms with Gasteiger partial charge in [0.25, 0.3) is 5.91 Å². The molecule has 0 spiro atoms. The van der Waals surface area contributed by atoms with E-state index in [0.717, 1.165) is 17.5 Å². The Morgan fingerprint density at radius 1 is 1.18 bits per heavy atom. The number of hydrogen-bond acceptors (Lipinski definition) is 7. The summed E-state index contributed by atoms with van der Waals surface area (Å²) in [5, 5.41) is 20.6. The van der Waals surface area contributed by atoms with Crippen molar-refractivity contribution in [2.45, 2.75) is 39.0 Å². The van der Waals surface area contributed by atoms with Gasteiger partial charge in [0.05, 0.1) is 23.7 Å². The lowest BCUT2D eigenvalue weighted by Gasteiger charge is -2.17. The van der Waals surface area contributed by atoms with Crippen LogP contribution in [0.15, 0.2) is 46.3 Å². The monoisotopic (exact) mass is 483 g/mol. The van der Waals surface area contributed by atoms with Crippen LogP contribution in [0.25, 0.3) is 0 Å². The first kappa shape index (κ1) is 23.4. The van der Waals surface area contributed by atoms with Crippen LogP contribution in [0.1, 0.15) is 36.5 Å². The third-order valence-electron chi connectivity index (χ3n) is 5.46. The van der Waals surface area contributed by atoms with Crippen molar-refractivity contribution < 1.29 is 29.0 Å². The molecule has 0 saturated heterocycles. The molecule has 1 aliphatic carbocycles. The molecular formula is C24H22ClN3O6. The van der Waals surface area contributed by atoms with Gasteiger partial charge in [-0.25, -0.2) is 4.79 Å². The molecule has 0 atom stereocenters. The summed E-state index contributed by atoms with van der Waals surface area (Å²) in [6.45, 7) is 1.72. The summed E-state index contributed by atoms with van der Waals surface area (Å²) in [5.74, 6) is -1.15. The number of nitrogens with one attached hydrogen (secondary N) is 1. The molecule has 0 unspecified atom stereocenters. The maximum Gasteiger partial charge on any atom is 0.397 e. The number of esters is 1. The Hall–Kier alpha value is -3.72. The van der Waals surface area contributed by atoms with Crippen LogP contribution in [0.5, 0.6) is 17.2 Å². The molecule has 9 nitrogen and oxygen atoms in total. The molecule has 0 radical (unpaired) electrons. The van der Waals surface area contributed by atoms with Gasteiger partial charge in [0, 0.05) is 23.2 Å². The molecule has 176 valence electrons. The van der Waals surface area contributed by atoms with Gasteiger partial charge in [0.2, 0.25) is 0 Å². The van der Waals surface area contributed by atoms with Crippen molar-refractivity contribution in [3.63, 3.8) is 0 Å². The normalized spacial score (nSPS) is 14.4. The lowest BCUT2D eigenvalue weighted by molar-refractivity contribution is -0.152. The number of halogens is 1. The van der Waals surface area contributed by atoms with Gasteiger partial charge in [-0.05, 0) is 56.0 Å². The molecule has 0 aromatic heterocycles. The predicted octanol–water partition coefficient (Wildman–Crippen LogP) is 4.64. The first-order valence-electron chi connectivity index (χ1n) is 10.8. The smallest absolute Gasteiger partial charge is 0.397 e. The fourth-order valence-corrected chi connectivity index (χ4v) is 4.16. The summed E-state index contributed by atoms with van der Waals surface area (Å²) in [7, 11) is 0. The number of amides is 2. The number of aromatic hydroxyl groups is 1. The molecule has 10 heteroatoms. The quantitative estimate of drug-likeness (QED) is 0.455. The zero-order valence-electron chi connectivity index (χ0n) is 18.4. The van der Waals surface area contributed by atoms with Gasteiger partial charge in [-0.2, -0.15) is 5.11 Å². The summed E-state index contributed by atoms with van der Waals surface area (Å²) in [4.78, 5) is 35.1. The van der Waals surface area contributed by atoms with Crippen molar-refractivity contribution in [3.05, 3.63) is 57.8 Å². The number of phenolic OH excluding ortho intramolecular Hbond substituents is 1. The Balaban J connectivity index is 1.58. The summed E-state index contributed by atoms with van der Waals surface area (Å²) >= 11 is 6.52. The molecule has 4 rings (SSSR count). The Kier molecular flexibility index (Phi) is 6.93. The van der Waals surface area contributed by atoms with Crippen molar-refractivity contribution in [3.8, 4) is 17.2 Å². The SMILES string of the molecule is CCOC(=O)C(=O)Nc1cc(Cl)c(Oc2ccc(O)c(CC3=CCC(=O)N=N3)c2)c2c1CCC2. The Labute approximate surface area is 200 Å². The van der Waals surface area contributed by atoms with Crippen molar-refractivity contribution in [2.24, 2.45) is 10.2 Å². The number of nitrogens with zero attached hydrogens (tertiary/aromatic N) is 2. The van der Waals surface area contributed by atoms with Crippen LogP contribution >= 0.6 is 11.6 Å². The van der Waals surface area contributed by atoms with Gasteiger partial charge in [-0.15, -0.1) is 5.11 Å². The van der Waals surface area contributed by atoms with Crippen LogP contribution in [0.3, 0.4) is 0 Å². The average Bonchev–Trinajstić information content (AvgIpc) is 3.30. The van der Waals surface area contributed by atoms with Gasteiger partial charge >= 0.3 is 11.9 Å². The third kappa shape index (κ3) is 5.09. The average molecular weight is 484 g/mol. The maximum atomic E-state index is 12.1. The van der Waals surface area contributed by atoms with Crippen molar-refractivity contribution >= 4 is 35.1 Å². The van der Waals surface area contributed by atoms with E-state index in [-0.39, 0.29) is 36.1 Å². The fraction of sp³-hybridized carbons (Fsp3) is 0.292. The topological polar surface area (TPSA) is 127 Å². The number of anilines is 1. The van der Waals surface area contributed by atoms with E-state index < -0.39 is 11.9 Å². The Bertz CT molecular complexity index is 1240. The zero-order chi connectivity index (χ0) is 24.2. The van der Waals surface area contributed by atoms with E-state index in [1.54, 1.807) is 31.2 Å². The van der Waals surface area contributed by atoms with Crippen LogP contribution in [0.4, 0.5) is 5.69 Å². The highest BCUT2D eigenvalue weighted by atomic mass is 35.5. The molecule has 2 amide bonds. The fourth-order valence-electron chi connectivity index (χ4n) is 3.90. The molecule has 0 bridgehead atoms. The highest BCUT2D eigenvalue weighted by Crippen LogP contribution is 2.43. The van der Waals surface area contributed by atoms with E-state index in [4.69, 9.17) is 21.1 Å². The van der Waals surface area contributed by atoms with E-state index in [0.29, 0.717) is 41.3 Å². The van der Waals surface area contributed by atoms with Gasteiger partial charge < -0.3 is 19.9 Å². The number of carbonyl (C=O) groups is 3. The molecular weight excluding hydrogens is 462 g/mol. The van der Waals surface area contributed by atoms with Crippen LogP contribution in [-0.4, -0.2) is 29.5 Å². The Morgan fingerprint density at radius 2 is 1.97 bits per heavy atom. The van der Waals surface area contributed by atoms with E-state index in [9.17, 15) is 19.5 Å². The largest absolute Gasteiger partial charge is 0.508 e. The van der Waals surface area contributed by atoms with Gasteiger partial charge in [0.1, 0.15) is 17.2 Å². The van der Waals surface area contributed by atoms with Crippen LogP contribution in [0, 0.1) is 0 Å². The number of phenols is 1. The van der Waals surface area contributed by atoms with Gasteiger partial charge in [-0.3, -0.25) is 9.59 Å². The van der Waals surface area contributed by atoms with Crippen molar-refractivity contribution in [1.29, 1.82) is 0 Å². The van der Waals surface area contributed by atoms with Crippen molar-refractivity contribution in [1.82, 2.24) is 0 Å². The standard InChI is InChI=1S/C24H22ClN3O6/c1-2-33-24(32)23(31)26-19-12-18(25)22(17-5-3-4-16(17)19)34-15-7-8-20(29)13(11-15)10-14-6-9-21(30)28-27-14/h6-8,11-12,29H,2-5,9-10H2,1H3,(H,26,31). The maximum absolute atomic E-state index is 12.1. The van der Waals surface area contributed by atoms with Crippen molar-refractivity contribution in [2.75, 3.05) is 11.9 Å². The minimum absolute atomic E-state index is 0.0636. The molecule has 2 aromatic rings. The van der Waals surface area contributed by atoms with Crippen LogP contribution < -0.4 is 10.1 Å². The Morgan fingerprint density at radius 3 is 2.71 bits per heavy atom. The summed E-state index contributed by atoms with van der Waals surface area (Å²) in [6.07, 6.45) is 4.36. The number of carbonyl (C=O) groups excluding carboxylic acids is 3. The van der Waals surface area contributed by atoms with Crippen LogP contribution in [0.2, 0.25) is 5.02 Å². The number of azo groups is 1. The molecule has 2 N–H and O–H groups in total. The minimum Gasteiger partial charge on any atom is -0.508 e. The molecule has 34 heavy (non-hydrogen) atoms. The predicted molar refractivity (Wildman–Crippen MR) is 123 cm³/mol.